The molecule has 0 saturated heterocycles. The van der Waals surface area contributed by atoms with E-state index in [0.29, 0.717) is 16.5 Å². The van der Waals surface area contributed by atoms with Gasteiger partial charge in [0.1, 0.15) is 23.5 Å². The van der Waals surface area contributed by atoms with Gasteiger partial charge in [-0.05, 0) is 25.5 Å². The number of aryl methyl sites for hydroxylation is 2. The predicted octanol–water partition coefficient (Wildman–Crippen LogP) is 3.16. The summed E-state index contributed by atoms with van der Waals surface area (Å²) in [7, 11) is 1.22. The minimum Gasteiger partial charge on any atom is -0.505 e. The molecule has 3 heterocycles. The van der Waals surface area contributed by atoms with Crippen molar-refractivity contribution in [1.29, 1.82) is 0 Å². The van der Waals surface area contributed by atoms with Crippen molar-refractivity contribution >= 4 is 27.9 Å². The zero-order chi connectivity index (χ0) is 19.5. The first kappa shape index (κ1) is 17.0. The number of pyridine rings is 1. The van der Waals surface area contributed by atoms with Gasteiger partial charge in [0.2, 0.25) is 0 Å². The fraction of sp³-hybridized carbons (Fsp3) is 0.167. The zero-order valence-electron chi connectivity index (χ0n) is 14.7. The van der Waals surface area contributed by atoms with Crippen LogP contribution in [0.25, 0.3) is 27.8 Å². The Morgan fingerprint density at radius 2 is 1.85 bits per heavy atom. The number of phenols is 1. The Bertz CT molecular complexity index is 1240. The van der Waals surface area contributed by atoms with Gasteiger partial charge >= 0.3 is 0 Å². The lowest BCUT2D eigenvalue weighted by molar-refractivity contribution is 0.369. The van der Waals surface area contributed by atoms with E-state index in [2.05, 4.69) is 15.0 Å². The van der Waals surface area contributed by atoms with Crippen molar-refractivity contribution < 1.29 is 18.6 Å². The third-order valence-corrected chi connectivity index (χ3v) is 4.56. The smallest absolute Gasteiger partial charge is 0.192 e. The molecule has 0 fully saturated rings. The average molecular weight is 371 g/mol. The van der Waals surface area contributed by atoms with Crippen LogP contribution in [0, 0.1) is 25.5 Å². The van der Waals surface area contributed by atoms with E-state index in [1.165, 1.54) is 18.0 Å². The monoisotopic (exact) mass is 371 g/mol. The number of hydrogen-bond donors (Lipinski definition) is 2. The molecule has 0 aliphatic heterocycles. The maximum absolute atomic E-state index is 15.0. The molecular formula is C18H15F2N5O2. The fourth-order valence-corrected chi connectivity index (χ4v) is 3.11. The Morgan fingerprint density at radius 3 is 2.56 bits per heavy atom. The Morgan fingerprint density at radius 1 is 1.11 bits per heavy atom. The number of nitrogens with two attached hydrogens (primary N) is 1. The molecule has 3 N–H and O–H groups in total. The highest BCUT2D eigenvalue weighted by molar-refractivity contribution is 6.11. The number of fused-ring (bicyclic) bond motifs is 3. The largest absolute Gasteiger partial charge is 0.505 e. The fourth-order valence-electron chi connectivity index (χ4n) is 3.11. The van der Waals surface area contributed by atoms with Crippen molar-refractivity contribution in [2.24, 2.45) is 0 Å². The van der Waals surface area contributed by atoms with Crippen LogP contribution in [0.5, 0.6) is 11.5 Å². The van der Waals surface area contributed by atoms with Gasteiger partial charge in [-0.25, -0.2) is 23.7 Å². The van der Waals surface area contributed by atoms with E-state index in [9.17, 15) is 9.50 Å². The molecule has 1 aromatic carbocycles. The first-order valence-electron chi connectivity index (χ1n) is 7.99. The second kappa shape index (κ2) is 5.76. The van der Waals surface area contributed by atoms with E-state index in [1.807, 2.05) is 13.0 Å². The summed E-state index contributed by atoms with van der Waals surface area (Å²) in [5, 5.41) is 10.9. The maximum Gasteiger partial charge on any atom is 0.192 e. The molecule has 9 heteroatoms. The topological polar surface area (TPSA) is 99.1 Å². The Hall–Kier alpha value is -3.49. The third-order valence-electron chi connectivity index (χ3n) is 4.56. The Balaban J connectivity index is 2.29. The summed E-state index contributed by atoms with van der Waals surface area (Å²) >= 11 is 0. The molecule has 0 amide bonds. The molecule has 0 saturated carbocycles. The average Bonchev–Trinajstić information content (AvgIpc) is 2.94. The minimum absolute atomic E-state index is 0.154. The van der Waals surface area contributed by atoms with Crippen LogP contribution in [-0.4, -0.2) is 31.7 Å². The van der Waals surface area contributed by atoms with Crippen molar-refractivity contribution in [1.82, 2.24) is 19.5 Å². The second-order valence-corrected chi connectivity index (χ2v) is 6.13. The number of phenolic OH excluding ortho intramolecular Hbond substituents is 1. The highest BCUT2D eigenvalue weighted by Gasteiger charge is 2.26. The molecule has 0 atom stereocenters. The summed E-state index contributed by atoms with van der Waals surface area (Å²) in [4.78, 5) is 12.6. The summed E-state index contributed by atoms with van der Waals surface area (Å²) in [6, 6.07) is 2.68. The van der Waals surface area contributed by atoms with E-state index in [-0.39, 0.29) is 22.9 Å². The summed E-state index contributed by atoms with van der Waals surface area (Å²) in [6.45, 7) is 3.64. The van der Waals surface area contributed by atoms with Gasteiger partial charge in [0.15, 0.2) is 28.8 Å². The van der Waals surface area contributed by atoms with Crippen LogP contribution in [0.15, 0.2) is 18.5 Å². The van der Waals surface area contributed by atoms with Gasteiger partial charge in [-0.15, -0.1) is 0 Å². The lowest BCUT2D eigenvalue weighted by Gasteiger charge is -2.13. The van der Waals surface area contributed by atoms with Gasteiger partial charge in [0.05, 0.1) is 12.5 Å². The normalized spacial score (nSPS) is 11.4. The van der Waals surface area contributed by atoms with Crippen LogP contribution in [0.2, 0.25) is 0 Å². The molecular weight excluding hydrogens is 356 g/mol. The van der Waals surface area contributed by atoms with E-state index in [4.69, 9.17) is 10.5 Å². The quantitative estimate of drug-likeness (QED) is 0.562. The molecule has 138 valence electrons. The molecule has 4 aromatic rings. The molecule has 4 rings (SSSR count). The van der Waals surface area contributed by atoms with Crippen LogP contribution in [0.1, 0.15) is 11.3 Å². The molecule has 0 unspecified atom stereocenters. The van der Waals surface area contributed by atoms with Crippen molar-refractivity contribution in [2.75, 3.05) is 12.8 Å². The Kier molecular flexibility index (Phi) is 3.62. The molecule has 0 spiro atoms. The second-order valence-electron chi connectivity index (χ2n) is 6.13. The molecule has 3 aromatic heterocycles. The van der Waals surface area contributed by atoms with Crippen molar-refractivity contribution in [3.8, 4) is 17.2 Å². The number of ether oxygens (including phenoxy) is 1. The van der Waals surface area contributed by atoms with Crippen molar-refractivity contribution in [3.05, 3.63) is 41.4 Å². The van der Waals surface area contributed by atoms with Gasteiger partial charge in [-0.1, -0.05) is 0 Å². The van der Waals surface area contributed by atoms with Crippen molar-refractivity contribution in [3.63, 3.8) is 0 Å². The number of nitrogens with zero attached hydrogens (tertiary/aromatic N) is 4. The maximum atomic E-state index is 15.0. The zero-order valence-corrected chi connectivity index (χ0v) is 14.7. The number of halogens is 2. The van der Waals surface area contributed by atoms with E-state index < -0.39 is 23.1 Å². The van der Waals surface area contributed by atoms with E-state index in [0.717, 1.165) is 11.6 Å². The van der Waals surface area contributed by atoms with Crippen molar-refractivity contribution in [2.45, 2.75) is 13.8 Å². The van der Waals surface area contributed by atoms with Crippen LogP contribution in [-0.2, 0) is 0 Å². The van der Waals surface area contributed by atoms with Crippen LogP contribution >= 0.6 is 0 Å². The predicted molar refractivity (Wildman–Crippen MR) is 96.2 cm³/mol. The highest BCUT2D eigenvalue weighted by atomic mass is 19.1. The van der Waals surface area contributed by atoms with Crippen LogP contribution in [0.3, 0.4) is 0 Å². The number of methoxy groups -OCH3 is 1. The molecule has 0 aliphatic carbocycles. The van der Waals surface area contributed by atoms with Gasteiger partial charge < -0.3 is 15.6 Å². The van der Waals surface area contributed by atoms with Crippen LogP contribution in [0.4, 0.5) is 14.6 Å². The van der Waals surface area contributed by atoms with E-state index >= 15 is 4.39 Å². The first-order valence-corrected chi connectivity index (χ1v) is 7.99. The number of anilines is 1. The first-order chi connectivity index (χ1) is 12.8. The van der Waals surface area contributed by atoms with Gasteiger partial charge in [0, 0.05) is 17.1 Å². The number of aromatic hydroxyl groups is 1. The standard InChI is InChI=1S/C18H15F2N5O2/c1-7-4-9-12-16(21)22-6-23-18(12)25(17(9)24-8(7)2)15-13(19)10(26)5-11(27-3)14(15)20/h4-6,26H,1-3H3,(H2,21,22,23). The van der Waals surface area contributed by atoms with Gasteiger partial charge in [0.25, 0.3) is 0 Å². The number of nitrogen functional groups attached to an aromatic ring is 1. The van der Waals surface area contributed by atoms with Crippen LogP contribution < -0.4 is 10.5 Å². The summed E-state index contributed by atoms with van der Waals surface area (Å²) < 4.78 is 35.9. The summed E-state index contributed by atoms with van der Waals surface area (Å²) in [6.07, 6.45) is 1.20. The number of benzene rings is 1. The lowest BCUT2D eigenvalue weighted by atomic mass is 10.1. The lowest BCUT2D eigenvalue weighted by Crippen LogP contribution is -2.06. The van der Waals surface area contributed by atoms with Gasteiger partial charge in [-0.2, -0.15) is 0 Å². The minimum atomic E-state index is -1.16. The SMILES string of the molecule is COc1cc(O)c(F)c(-n2c3nc(C)c(C)cc3c3c(N)ncnc32)c1F. The molecule has 7 nitrogen and oxygen atoms in total. The molecule has 0 radical (unpaired) electrons. The Labute approximate surface area is 152 Å². The number of hydrogen-bond acceptors (Lipinski definition) is 6. The highest BCUT2D eigenvalue weighted by Crippen LogP contribution is 2.39. The molecule has 27 heavy (non-hydrogen) atoms. The summed E-state index contributed by atoms with van der Waals surface area (Å²) in [5.41, 5.74) is 7.41. The third kappa shape index (κ3) is 2.28. The van der Waals surface area contributed by atoms with Gasteiger partial charge in [-0.3, -0.25) is 4.57 Å². The summed E-state index contributed by atoms with van der Waals surface area (Å²) in [5.74, 6) is -3.08. The number of aromatic nitrogens is 4. The van der Waals surface area contributed by atoms with E-state index in [1.54, 1.807) is 6.92 Å². The number of rotatable bonds is 2. The molecule has 0 aliphatic rings. The molecule has 0 bridgehead atoms.